The number of thioether (sulfide) groups is 1. The molecule has 0 spiro atoms. The summed E-state index contributed by atoms with van der Waals surface area (Å²) in [5, 5.41) is 11.9. The first-order chi connectivity index (χ1) is 14.2. The molecule has 3 rings (SSSR count). The summed E-state index contributed by atoms with van der Waals surface area (Å²) in [6.07, 6.45) is 3.42. The maximum Gasteiger partial charge on any atom is 0.230 e. The normalized spacial score (nSPS) is 10.6. The van der Waals surface area contributed by atoms with E-state index in [2.05, 4.69) is 20.5 Å². The van der Waals surface area contributed by atoms with Crippen LogP contribution >= 0.6 is 11.8 Å². The van der Waals surface area contributed by atoms with Crippen LogP contribution in [0.5, 0.6) is 11.5 Å². The third kappa shape index (κ3) is 5.95. The largest absolute Gasteiger partial charge is 0.494 e. The highest BCUT2D eigenvalue weighted by Crippen LogP contribution is 2.21. The Morgan fingerprint density at radius 1 is 1.07 bits per heavy atom. The summed E-state index contributed by atoms with van der Waals surface area (Å²) in [5.74, 6) is 2.45. The highest BCUT2D eigenvalue weighted by atomic mass is 32.2. The van der Waals surface area contributed by atoms with Crippen molar-refractivity contribution < 1.29 is 14.3 Å². The third-order valence-electron chi connectivity index (χ3n) is 3.93. The molecule has 1 aromatic carbocycles. The number of carbonyl (C=O) groups excluding carboxylic acids is 1. The van der Waals surface area contributed by atoms with E-state index in [1.54, 1.807) is 12.4 Å². The smallest absolute Gasteiger partial charge is 0.230 e. The van der Waals surface area contributed by atoms with Crippen molar-refractivity contribution in [3.63, 3.8) is 0 Å². The molecule has 0 aliphatic heterocycles. The Bertz CT molecular complexity index is 916. The van der Waals surface area contributed by atoms with Gasteiger partial charge in [0.15, 0.2) is 11.0 Å². The zero-order chi connectivity index (χ0) is 20.5. The van der Waals surface area contributed by atoms with Crippen molar-refractivity contribution in [3.8, 4) is 22.9 Å². The van der Waals surface area contributed by atoms with Gasteiger partial charge in [-0.1, -0.05) is 11.8 Å². The number of aromatic nitrogens is 4. The van der Waals surface area contributed by atoms with Crippen molar-refractivity contribution >= 4 is 17.7 Å². The lowest BCUT2D eigenvalue weighted by molar-refractivity contribution is -0.118. The first-order valence-corrected chi connectivity index (χ1v) is 10.2. The van der Waals surface area contributed by atoms with Crippen molar-refractivity contribution in [2.45, 2.75) is 12.1 Å². The van der Waals surface area contributed by atoms with E-state index >= 15 is 0 Å². The van der Waals surface area contributed by atoms with Crippen LogP contribution < -0.4 is 14.8 Å². The molecule has 29 heavy (non-hydrogen) atoms. The highest BCUT2D eigenvalue weighted by Gasteiger charge is 2.12. The molecule has 0 saturated carbocycles. The summed E-state index contributed by atoms with van der Waals surface area (Å²) in [5.41, 5.74) is 0.928. The number of nitrogens with one attached hydrogen (secondary N) is 1. The fraction of sp³-hybridized carbons (Fsp3) is 0.300. The van der Waals surface area contributed by atoms with Crippen LogP contribution in [0.3, 0.4) is 0 Å². The minimum absolute atomic E-state index is 0.0845. The van der Waals surface area contributed by atoms with Gasteiger partial charge in [0.2, 0.25) is 5.91 Å². The van der Waals surface area contributed by atoms with E-state index in [1.165, 1.54) is 11.8 Å². The van der Waals surface area contributed by atoms with Gasteiger partial charge < -0.3 is 19.4 Å². The Morgan fingerprint density at radius 2 is 1.76 bits per heavy atom. The molecule has 0 radical (unpaired) electrons. The molecule has 0 bridgehead atoms. The molecule has 0 unspecified atom stereocenters. The fourth-order valence-electron chi connectivity index (χ4n) is 2.53. The summed E-state index contributed by atoms with van der Waals surface area (Å²) in [6.45, 7) is 3.38. The van der Waals surface area contributed by atoms with Crippen molar-refractivity contribution in [2.24, 2.45) is 7.05 Å². The predicted octanol–water partition coefficient (Wildman–Crippen LogP) is 2.56. The number of hydrogen-bond donors (Lipinski definition) is 1. The average Bonchev–Trinajstić information content (AvgIpc) is 3.12. The van der Waals surface area contributed by atoms with E-state index in [0.717, 1.165) is 22.9 Å². The van der Waals surface area contributed by atoms with E-state index in [1.807, 2.05) is 54.9 Å². The number of rotatable bonds is 10. The van der Waals surface area contributed by atoms with Gasteiger partial charge >= 0.3 is 0 Å². The molecule has 0 saturated heterocycles. The number of benzene rings is 1. The summed E-state index contributed by atoms with van der Waals surface area (Å²) in [7, 11) is 1.88. The van der Waals surface area contributed by atoms with Crippen molar-refractivity contribution in [1.29, 1.82) is 0 Å². The molecular formula is C20H23N5O3S. The van der Waals surface area contributed by atoms with Crippen LogP contribution in [0.25, 0.3) is 11.4 Å². The molecule has 2 heterocycles. The Labute approximate surface area is 173 Å². The van der Waals surface area contributed by atoms with Gasteiger partial charge in [-0.25, -0.2) is 0 Å². The molecule has 0 aliphatic rings. The topological polar surface area (TPSA) is 91.2 Å². The van der Waals surface area contributed by atoms with Gasteiger partial charge in [0, 0.05) is 25.0 Å². The number of pyridine rings is 1. The van der Waals surface area contributed by atoms with Gasteiger partial charge in [-0.2, -0.15) is 0 Å². The maximum atomic E-state index is 12.1. The van der Waals surface area contributed by atoms with E-state index in [4.69, 9.17) is 9.47 Å². The maximum absolute atomic E-state index is 12.1. The van der Waals surface area contributed by atoms with Gasteiger partial charge in [0.1, 0.15) is 18.1 Å². The Kier molecular flexibility index (Phi) is 7.46. The van der Waals surface area contributed by atoms with Crippen LogP contribution in [0.15, 0.2) is 53.9 Å². The second-order valence-electron chi connectivity index (χ2n) is 5.99. The number of hydrogen-bond acceptors (Lipinski definition) is 7. The summed E-state index contributed by atoms with van der Waals surface area (Å²) >= 11 is 1.34. The van der Waals surface area contributed by atoms with Crippen molar-refractivity contribution in [2.75, 3.05) is 25.5 Å². The lowest BCUT2D eigenvalue weighted by Crippen LogP contribution is -2.29. The van der Waals surface area contributed by atoms with Crippen LogP contribution in [0.4, 0.5) is 0 Å². The van der Waals surface area contributed by atoms with Gasteiger partial charge in [-0.05, 0) is 43.3 Å². The zero-order valence-electron chi connectivity index (χ0n) is 16.4. The Balaban J connectivity index is 1.39. The van der Waals surface area contributed by atoms with Crippen molar-refractivity contribution in [1.82, 2.24) is 25.1 Å². The molecule has 1 amide bonds. The number of nitrogens with zero attached hydrogens (tertiary/aromatic N) is 4. The standard InChI is InChI=1S/C20H23N5O3S/c1-3-27-16-4-6-17(7-5-16)28-13-12-22-18(26)14-29-20-24-23-19(25(20)2)15-8-10-21-11-9-15/h4-11H,3,12-14H2,1-2H3,(H,22,26). The number of amides is 1. The van der Waals surface area contributed by atoms with Crippen LogP contribution in [0.1, 0.15) is 6.92 Å². The highest BCUT2D eigenvalue weighted by molar-refractivity contribution is 7.99. The molecule has 0 aliphatic carbocycles. The minimum Gasteiger partial charge on any atom is -0.494 e. The molecule has 2 aromatic heterocycles. The number of carbonyl (C=O) groups is 1. The third-order valence-corrected chi connectivity index (χ3v) is 4.95. The van der Waals surface area contributed by atoms with E-state index in [9.17, 15) is 4.79 Å². The van der Waals surface area contributed by atoms with E-state index in [-0.39, 0.29) is 11.7 Å². The predicted molar refractivity (Wildman–Crippen MR) is 111 cm³/mol. The average molecular weight is 414 g/mol. The molecule has 9 heteroatoms. The van der Waals surface area contributed by atoms with Gasteiger partial charge in [0.05, 0.1) is 18.9 Å². The van der Waals surface area contributed by atoms with E-state index in [0.29, 0.717) is 24.9 Å². The van der Waals surface area contributed by atoms with Crippen LogP contribution in [-0.2, 0) is 11.8 Å². The van der Waals surface area contributed by atoms with Crippen molar-refractivity contribution in [3.05, 3.63) is 48.8 Å². The van der Waals surface area contributed by atoms with Gasteiger partial charge in [-0.3, -0.25) is 9.78 Å². The Morgan fingerprint density at radius 3 is 2.45 bits per heavy atom. The lowest BCUT2D eigenvalue weighted by Gasteiger charge is -2.09. The van der Waals surface area contributed by atoms with Crippen LogP contribution in [0.2, 0.25) is 0 Å². The SMILES string of the molecule is CCOc1ccc(OCCNC(=O)CSc2nnc(-c3ccncc3)n2C)cc1. The van der Waals surface area contributed by atoms with E-state index < -0.39 is 0 Å². The molecule has 8 nitrogen and oxygen atoms in total. The Hall–Kier alpha value is -3.07. The minimum atomic E-state index is -0.0845. The van der Waals surface area contributed by atoms with Crippen LogP contribution in [-0.4, -0.2) is 51.2 Å². The molecule has 0 fully saturated rings. The zero-order valence-corrected chi connectivity index (χ0v) is 17.2. The summed E-state index contributed by atoms with van der Waals surface area (Å²) in [4.78, 5) is 16.1. The monoisotopic (exact) mass is 413 g/mol. The quantitative estimate of drug-likeness (QED) is 0.403. The van der Waals surface area contributed by atoms with Crippen LogP contribution in [0, 0.1) is 0 Å². The van der Waals surface area contributed by atoms with Gasteiger partial charge in [-0.15, -0.1) is 10.2 Å². The molecule has 1 N–H and O–H groups in total. The summed E-state index contributed by atoms with van der Waals surface area (Å²) < 4.78 is 12.9. The molecule has 152 valence electrons. The first-order valence-electron chi connectivity index (χ1n) is 9.22. The number of ether oxygens (including phenoxy) is 2. The second kappa shape index (κ2) is 10.5. The molecular weight excluding hydrogens is 390 g/mol. The fourth-order valence-corrected chi connectivity index (χ4v) is 3.27. The lowest BCUT2D eigenvalue weighted by atomic mass is 10.2. The molecule has 3 aromatic rings. The second-order valence-corrected chi connectivity index (χ2v) is 6.94. The van der Waals surface area contributed by atoms with Gasteiger partial charge in [0.25, 0.3) is 0 Å². The summed E-state index contributed by atoms with van der Waals surface area (Å²) in [6, 6.07) is 11.1. The first kappa shape index (κ1) is 20.7. The molecule has 0 atom stereocenters.